The van der Waals surface area contributed by atoms with E-state index in [1.807, 2.05) is 0 Å². The third-order valence-electron chi connectivity index (χ3n) is 2.18. The van der Waals surface area contributed by atoms with Crippen LogP contribution in [0.15, 0.2) is 23.2 Å². The van der Waals surface area contributed by atoms with Crippen LogP contribution < -0.4 is 15.8 Å². The van der Waals surface area contributed by atoms with Crippen molar-refractivity contribution in [1.82, 2.24) is 0 Å². The Bertz CT molecular complexity index is 461. The molecule has 1 aromatic rings. The number of hydrogen-bond donors (Lipinski definition) is 2. The third-order valence-corrected chi connectivity index (χ3v) is 2.46. The fourth-order valence-corrected chi connectivity index (χ4v) is 1.35. The largest absolute Gasteiger partial charge is 0.494 e. The molecule has 0 aliphatic heterocycles. The van der Waals surface area contributed by atoms with Crippen LogP contribution in [0.3, 0.4) is 0 Å². The van der Waals surface area contributed by atoms with Gasteiger partial charge in [0, 0.05) is 12.1 Å². The molecule has 0 saturated heterocycles. The van der Waals surface area contributed by atoms with Crippen molar-refractivity contribution in [2.24, 2.45) is 10.7 Å². The Labute approximate surface area is 111 Å². The van der Waals surface area contributed by atoms with Crippen molar-refractivity contribution in [3.8, 4) is 5.75 Å². The van der Waals surface area contributed by atoms with E-state index in [1.54, 1.807) is 25.1 Å². The first-order valence-corrected chi connectivity index (χ1v) is 6.01. The SMILES string of the molecule is CCC(=O)Nc1ccc(OC)c(N=C(N)CCl)c1. The number of anilines is 1. The highest BCUT2D eigenvalue weighted by molar-refractivity contribution is 6.28. The number of hydrogen-bond acceptors (Lipinski definition) is 3. The standard InChI is InChI=1S/C12H16ClN3O2/c1-3-12(17)15-8-4-5-10(18-2)9(6-8)16-11(14)7-13/h4-6H,3,7H2,1-2H3,(H2,14,16)(H,15,17). The summed E-state index contributed by atoms with van der Waals surface area (Å²) >= 11 is 5.58. The maximum Gasteiger partial charge on any atom is 0.224 e. The van der Waals surface area contributed by atoms with Crippen LogP contribution in [-0.2, 0) is 4.79 Å². The van der Waals surface area contributed by atoms with Crippen LogP contribution in [0.5, 0.6) is 5.75 Å². The molecule has 0 saturated carbocycles. The van der Waals surface area contributed by atoms with Crippen molar-refractivity contribution in [2.75, 3.05) is 18.3 Å². The van der Waals surface area contributed by atoms with Crippen molar-refractivity contribution in [3.63, 3.8) is 0 Å². The zero-order chi connectivity index (χ0) is 13.5. The highest BCUT2D eigenvalue weighted by Gasteiger charge is 2.06. The highest BCUT2D eigenvalue weighted by Crippen LogP contribution is 2.30. The number of nitrogens with zero attached hydrogens (tertiary/aromatic N) is 1. The molecular formula is C12H16ClN3O2. The van der Waals surface area contributed by atoms with Crippen LogP contribution in [0.4, 0.5) is 11.4 Å². The summed E-state index contributed by atoms with van der Waals surface area (Å²) in [5.41, 5.74) is 6.76. The molecule has 0 unspecified atom stereocenters. The summed E-state index contributed by atoms with van der Waals surface area (Å²) in [6.07, 6.45) is 0.411. The first kappa shape index (κ1) is 14.3. The topological polar surface area (TPSA) is 76.7 Å². The first-order valence-electron chi connectivity index (χ1n) is 5.47. The average Bonchev–Trinajstić information content (AvgIpc) is 2.38. The Morgan fingerprint density at radius 2 is 2.28 bits per heavy atom. The summed E-state index contributed by atoms with van der Waals surface area (Å²) in [4.78, 5) is 15.4. The number of benzene rings is 1. The van der Waals surface area contributed by atoms with E-state index in [2.05, 4.69) is 10.3 Å². The predicted molar refractivity (Wildman–Crippen MR) is 73.9 cm³/mol. The van der Waals surface area contributed by atoms with Gasteiger partial charge < -0.3 is 15.8 Å². The van der Waals surface area contributed by atoms with Crippen LogP contribution in [0, 0.1) is 0 Å². The maximum atomic E-state index is 11.3. The van der Waals surface area contributed by atoms with Gasteiger partial charge in [0.15, 0.2) is 0 Å². The Morgan fingerprint density at radius 3 is 2.83 bits per heavy atom. The van der Waals surface area contributed by atoms with E-state index in [1.165, 1.54) is 7.11 Å². The number of carbonyl (C=O) groups excluding carboxylic acids is 1. The molecule has 5 nitrogen and oxygen atoms in total. The number of ether oxygens (including phenoxy) is 1. The second-order valence-electron chi connectivity index (χ2n) is 3.53. The summed E-state index contributed by atoms with van der Waals surface area (Å²) in [5, 5.41) is 2.74. The smallest absolute Gasteiger partial charge is 0.224 e. The average molecular weight is 270 g/mol. The molecule has 0 atom stereocenters. The monoisotopic (exact) mass is 269 g/mol. The predicted octanol–water partition coefficient (Wildman–Crippen LogP) is 2.27. The molecule has 0 heterocycles. The molecule has 1 rings (SSSR count). The van der Waals surface area contributed by atoms with Crippen molar-refractivity contribution < 1.29 is 9.53 Å². The minimum atomic E-state index is -0.0691. The van der Waals surface area contributed by atoms with Crippen LogP contribution >= 0.6 is 11.6 Å². The van der Waals surface area contributed by atoms with E-state index in [9.17, 15) is 4.79 Å². The summed E-state index contributed by atoms with van der Waals surface area (Å²) in [6.45, 7) is 1.78. The molecule has 98 valence electrons. The summed E-state index contributed by atoms with van der Waals surface area (Å²) in [6, 6.07) is 5.14. The number of halogens is 1. The minimum absolute atomic E-state index is 0.0691. The molecule has 0 bridgehead atoms. The van der Waals surface area contributed by atoms with Crippen molar-refractivity contribution >= 4 is 34.7 Å². The Morgan fingerprint density at radius 1 is 1.56 bits per heavy atom. The minimum Gasteiger partial charge on any atom is -0.494 e. The first-order chi connectivity index (χ1) is 8.60. The Balaban J connectivity index is 3.05. The molecule has 1 amide bonds. The Hall–Kier alpha value is -1.75. The number of amidine groups is 1. The van der Waals surface area contributed by atoms with E-state index in [0.29, 0.717) is 23.5 Å². The maximum absolute atomic E-state index is 11.3. The van der Waals surface area contributed by atoms with Crippen LogP contribution in [0.2, 0.25) is 0 Å². The lowest BCUT2D eigenvalue weighted by molar-refractivity contribution is -0.115. The van der Waals surface area contributed by atoms with Gasteiger partial charge in [-0.2, -0.15) is 0 Å². The lowest BCUT2D eigenvalue weighted by Crippen LogP contribution is -2.12. The van der Waals surface area contributed by atoms with Gasteiger partial charge in [-0.1, -0.05) is 6.92 Å². The second-order valence-corrected chi connectivity index (χ2v) is 3.79. The fraction of sp³-hybridized carbons (Fsp3) is 0.333. The van der Waals surface area contributed by atoms with Crippen molar-refractivity contribution in [1.29, 1.82) is 0 Å². The van der Waals surface area contributed by atoms with Gasteiger partial charge in [-0.05, 0) is 18.2 Å². The molecule has 0 aliphatic carbocycles. The van der Waals surface area contributed by atoms with Crippen LogP contribution in [0.1, 0.15) is 13.3 Å². The van der Waals surface area contributed by atoms with Crippen molar-refractivity contribution in [2.45, 2.75) is 13.3 Å². The van der Waals surface area contributed by atoms with Gasteiger partial charge >= 0.3 is 0 Å². The van der Waals surface area contributed by atoms with E-state index < -0.39 is 0 Å². The van der Waals surface area contributed by atoms with Crippen LogP contribution in [-0.4, -0.2) is 24.7 Å². The van der Waals surface area contributed by atoms with Crippen LogP contribution in [0.25, 0.3) is 0 Å². The zero-order valence-electron chi connectivity index (χ0n) is 10.4. The number of aliphatic imine (C=N–C) groups is 1. The van der Waals surface area contributed by atoms with E-state index in [4.69, 9.17) is 22.1 Å². The lowest BCUT2D eigenvalue weighted by Gasteiger charge is -2.09. The van der Waals surface area contributed by atoms with E-state index >= 15 is 0 Å². The van der Waals surface area contributed by atoms with Crippen molar-refractivity contribution in [3.05, 3.63) is 18.2 Å². The number of amides is 1. The van der Waals surface area contributed by atoms with Gasteiger partial charge in [0.05, 0.1) is 13.0 Å². The zero-order valence-corrected chi connectivity index (χ0v) is 11.1. The summed E-state index contributed by atoms with van der Waals surface area (Å²) in [7, 11) is 1.54. The quantitative estimate of drug-likeness (QED) is 0.489. The normalized spacial score (nSPS) is 11.2. The van der Waals surface area contributed by atoms with E-state index in [0.717, 1.165) is 0 Å². The number of carbonyl (C=O) groups is 1. The van der Waals surface area contributed by atoms with Gasteiger partial charge in [0.25, 0.3) is 0 Å². The molecule has 1 aromatic carbocycles. The van der Waals surface area contributed by atoms with Gasteiger partial charge in [0.2, 0.25) is 5.91 Å². The van der Waals surface area contributed by atoms with Gasteiger partial charge in [-0.25, -0.2) is 4.99 Å². The third kappa shape index (κ3) is 3.92. The lowest BCUT2D eigenvalue weighted by atomic mass is 10.2. The number of alkyl halides is 1. The number of nitrogens with two attached hydrogens (primary N) is 1. The highest BCUT2D eigenvalue weighted by atomic mass is 35.5. The molecule has 3 N–H and O–H groups in total. The molecule has 0 aliphatic rings. The molecule has 0 radical (unpaired) electrons. The Kier molecular flexibility index (Phi) is 5.45. The molecule has 6 heteroatoms. The van der Waals surface area contributed by atoms with E-state index in [-0.39, 0.29) is 17.6 Å². The molecule has 0 aromatic heterocycles. The fourth-order valence-electron chi connectivity index (χ4n) is 1.29. The number of rotatable bonds is 5. The van der Waals surface area contributed by atoms with Gasteiger partial charge in [-0.15, -0.1) is 11.6 Å². The molecule has 18 heavy (non-hydrogen) atoms. The second kappa shape index (κ2) is 6.86. The molecule has 0 fully saturated rings. The number of methoxy groups -OCH3 is 1. The molecular weight excluding hydrogens is 254 g/mol. The summed E-state index contributed by atoms with van der Waals surface area (Å²) in [5.74, 6) is 0.918. The summed E-state index contributed by atoms with van der Waals surface area (Å²) < 4.78 is 5.16. The van der Waals surface area contributed by atoms with Gasteiger partial charge in [0.1, 0.15) is 17.3 Å². The van der Waals surface area contributed by atoms with Gasteiger partial charge in [-0.3, -0.25) is 4.79 Å². The molecule has 0 spiro atoms. The number of nitrogens with one attached hydrogen (secondary N) is 1.